The average molecular weight is 447 g/mol. The first-order valence-corrected chi connectivity index (χ1v) is 11.0. The van der Waals surface area contributed by atoms with Crippen LogP contribution in [0.15, 0.2) is 59.3 Å². The highest BCUT2D eigenvalue weighted by Crippen LogP contribution is 2.33. The summed E-state index contributed by atoms with van der Waals surface area (Å²) >= 11 is 0. The van der Waals surface area contributed by atoms with E-state index < -0.39 is 0 Å². The number of fused-ring (bicyclic) bond motifs is 1. The largest absolute Gasteiger partial charge is 0.464 e. The lowest BCUT2D eigenvalue weighted by Crippen LogP contribution is -2.43. The van der Waals surface area contributed by atoms with Gasteiger partial charge < -0.3 is 23.7 Å². The van der Waals surface area contributed by atoms with E-state index in [0.717, 1.165) is 24.2 Å². The molecule has 2 amide bonds. The number of benzene rings is 1. The second-order valence-electron chi connectivity index (χ2n) is 8.36. The minimum absolute atomic E-state index is 0.00262. The quantitative estimate of drug-likeness (QED) is 0.525. The summed E-state index contributed by atoms with van der Waals surface area (Å²) in [5.74, 6) is 2.52. The van der Waals surface area contributed by atoms with Gasteiger partial charge in [0.05, 0.1) is 12.1 Å². The van der Waals surface area contributed by atoms with Crippen molar-refractivity contribution in [3.63, 3.8) is 0 Å². The lowest BCUT2D eigenvalue weighted by atomic mass is 10.1. The number of rotatable bonds is 8. The molecular weight excluding hydrogens is 422 g/mol. The van der Waals surface area contributed by atoms with Gasteiger partial charge in [0.15, 0.2) is 11.5 Å². The van der Waals surface area contributed by atoms with Gasteiger partial charge in [-0.2, -0.15) is 0 Å². The molecule has 0 spiro atoms. The van der Waals surface area contributed by atoms with Crippen LogP contribution in [0.3, 0.4) is 0 Å². The van der Waals surface area contributed by atoms with Crippen molar-refractivity contribution < 1.29 is 23.5 Å². The fourth-order valence-corrected chi connectivity index (χ4v) is 3.90. The average Bonchev–Trinajstić information content (AvgIpc) is 3.42. The Bertz CT molecular complexity index is 1160. The number of hydrogen-bond donors (Lipinski definition) is 0. The van der Waals surface area contributed by atoms with Crippen LogP contribution in [0.2, 0.25) is 0 Å². The minimum atomic E-state index is -0.171. The molecule has 33 heavy (non-hydrogen) atoms. The van der Waals surface area contributed by atoms with Crippen LogP contribution in [0.1, 0.15) is 40.3 Å². The summed E-state index contributed by atoms with van der Waals surface area (Å²) in [7, 11) is 0. The Morgan fingerprint density at radius 1 is 1.06 bits per heavy atom. The van der Waals surface area contributed by atoms with E-state index in [4.69, 9.17) is 13.9 Å². The zero-order chi connectivity index (χ0) is 22.8. The van der Waals surface area contributed by atoms with Gasteiger partial charge in [0.1, 0.15) is 18.1 Å². The Labute approximate surface area is 191 Å². The molecule has 0 radical (unpaired) electrons. The van der Waals surface area contributed by atoms with E-state index in [-0.39, 0.29) is 31.2 Å². The maximum atomic E-state index is 13.5. The summed E-state index contributed by atoms with van der Waals surface area (Å²) in [6, 6.07) is 12.9. The molecule has 1 aliphatic carbocycles. The Balaban J connectivity index is 1.36. The third kappa shape index (κ3) is 4.84. The highest BCUT2D eigenvalue weighted by Gasteiger charge is 2.35. The Morgan fingerprint density at radius 3 is 2.64 bits per heavy atom. The minimum Gasteiger partial charge on any atom is -0.464 e. The number of carbonyl (C=O) groups excluding carboxylic acids is 2. The van der Waals surface area contributed by atoms with E-state index in [2.05, 4.69) is 4.98 Å². The van der Waals surface area contributed by atoms with Crippen LogP contribution in [0.4, 0.5) is 0 Å². The molecule has 170 valence electrons. The van der Waals surface area contributed by atoms with Gasteiger partial charge in [0, 0.05) is 25.0 Å². The third-order valence-corrected chi connectivity index (χ3v) is 5.77. The van der Waals surface area contributed by atoms with E-state index in [1.54, 1.807) is 28.1 Å². The van der Waals surface area contributed by atoms with Gasteiger partial charge in [-0.05, 0) is 61.7 Å². The molecular formula is C25H25N3O5. The monoisotopic (exact) mass is 447 g/mol. The van der Waals surface area contributed by atoms with Crippen molar-refractivity contribution >= 4 is 11.8 Å². The standard InChI is InChI=1S/C25H25N3O5/c1-17-4-8-21(33-17)14-27(13-18-5-9-22-23(11-18)32-16-31-22)24(29)15-28(20-6-7-20)25(30)19-3-2-10-26-12-19/h2-5,8-12,20H,6-7,13-16H2,1H3. The van der Waals surface area contributed by atoms with Crippen LogP contribution < -0.4 is 9.47 Å². The molecule has 0 bridgehead atoms. The fraction of sp³-hybridized carbons (Fsp3) is 0.320. The van der Waals surface area contributed by atoms with Gasteiger partial charge in [-0.3, -0.25) is 14.6 Å². The van der Waals surface area contributed by atoms with Gasteiger partial charge in [0.25, 0.3) is 5.91 Å². The predicted octanol–water partition coefficient (Wildman–Crippen LogP) is 3.55. The van der Waals surface area contributed by atoms with Crippen LogP contribution >= 0.6 is 0 Å². The van der Waals surface area contributed by atoms with Crippen LogP contribution in [-0.2, 0) is 17.9 Å². The zero-order valence-electron chi connectivity index (χ0n) is 18.4. The number of ether oxygens (including phenoxy) is 2. The van der Waals surface area contributed by atoms with Gasteiger partial charge in [0.2, 0.25) is 12.7 Å². The smallest absolute Gasteiger partial charge is 0.256 e. The molecule has 1 aliphatic heterocycles. The molecule has 0 N–H and O–H groups in total. The lowest BCUT2D eigenvalue weighted by molar-refractivity contribution is -0.133. The van der Waals surface area contributed by atoms with E-state index >= 15 is 0 Å². The van der Waals surface area contributed by atoms with E-state index in [1.165, 1.54) is 6.20 Å². The van der Waals surface area contributed by atoms with Gasteiger partial charge >= 0.3 is 0 Å². The summed E-state index contributed by atoms with van der Waals surface area (Å²) < 4.78 is 16.6. The molecule has 1 saturated carbocycles. The molecule has 1 fully saturated rings. The Hall–Kier alpha value is -3.81. The number of aromatic nitrogens is 1. The van der Waals surface area contributed by atoms with Crippen molar-refractivity contribution in [2.45, 2.75) is 38.9 Å². The highest BCUT2D eigenvalue weighted by molar-refractivity contribution is 5.96. The Morgan fingerprint density at radius 2 is 1.91 bits per heavy atom. The summed E-state index contributed by atoms with van der Waals surface area (Å²) in [6.07, 6.45) is 4.97. The van der Waals surface area contributed by atoms with Gasteiger partial charge in [-0.1, -0.05) is 6.07 Å². The SMILES string of the molecule is Cc1ccc(CN(Cc2ccc3c(c2)OCO3)C(=O)CN(C(=O)c2cccnc2)C2CC2)o1. The predicted molar refractivity (Wildman–Crippen MR) is 119 cm³/mol. The van der Waals surface area contributed by atoms with E-state index in [9.17, 15) is 9.59 Å². The molecule has 0 saturated heterocycles. The number of hydrogen-bond acceptors (Lipinski definition) is 6. The van der Waals surface area contributed by atoms with Crippen LogP contribution in [0, 0.1) is 6.92 Å². The van der Waals surface area contributed by atoms with Crippen LogP contribution in [0.5, 0.6) is 11.5 Å². The summed E-state index contributed by atoms with van der Waals surface area (Å²) in [5, 5.41) is 0. The first-order valence-electron chi connectivity index (χ1n) is 11.0. The molecule has 8 heteroatoms. The number of amides is 2. The lowest BCUT2D eigenvalue weighted by Gasteiger charge is -2.27. The third-order valence-electron chi connectivity index (χ3n) is 5.77. The molecule has 0 atom stereocenters. The summed E-state index contributed by atoms with van der Waals surface area (Å²) in [4.78, 5) is 34.0. The van der Waals surface area contributed by atoms with Crippen LogP contribution in [-0.4, -0.2) is 46.0 Å². The van der Waals surface area contributed by atoms with Crippen molar-refractivity contribution in [2.75, 3.05) is 13.3 Å². The highest BCUT2D eigenvalue weighted by atomic mass is 16.7. The topological polar surface area (TPSA) is 85.1 Å². The Kier molecular flexibility index (Phi) is 5.73. The van der Waals surface area contributed by atoms with E-state index in [1.807, 2.05) is 37.3 Å². The second-order valence-corrected chi connectivity index (χ2v) is 8.36. The van der Waals surface area contributed by atoms with Crippen molar-refractivity contribution in [3.05, 3.63) is 77.5 Å². The van der Waals surface area contributed by atoms with E-state index in [0.29, 0.717) is 35.9 Å². The number of furan rings is 1. The van der Waals surface area contributed by atoms with Crippen molar-refractivity contribution in [2.24, 2.45) is 0 Å². The first kappa shape index (κ1) is 21.1. The maximum absolute atomic E-state index is 13.5. The fourth-order valence-electron chi connectivity index (χ4n) is 3.90. The molecule has 2 aliphatic rings. The first-order chi connectivity index (χ1) is 16.1. The molecule has 3 heterocycles. The number of pyridine rings is 1. The maximum Gasteiger partial charge on any atom is 0.256 e. The molecule has 1 aromatic carbocycles. The molecule has 3 aromatic rings. The number of carbonyl (C=O) groups is 2. The molecule has 5 rings (SSSR count). The summed E-state index contributed by atoms with van der Waals surface area (Å²) in [6.45, 7) is 2.73. The van der Waals surface area contributed by atoms with Crippen molar-refractivity contribution in [1.29, 1.82) is 0 Å². The molecule has 2 aromatic heterocycles. The van der Waals surface area contributed by atoms with Crippen LogP contribution in [0.25, 0.3) is 0 Å². The number of nitrogens with zero attached hydrogens (tertiary/aromatic N) is 3. The zero-order valence-corrected chi connectivity index (χ0v) is 18.4. The normalized spacial score (nSPS) is 14.2. The van der Waals surface area contributed by atoms with Crippen molar-refractivity contribution in [3.8, 4) is 11.5 Å². The summed E-state index contributed by atoms with van der Waals surface area (Å²) in [5.41, 5.74) is 1.40. The second kappa shape index (κ2) is 8.97. The number of aryl methyl sites for hydroxylation is 1. The van der Waals surface area contributed by atoms with Gasteiger partial charge in [-0.15, -0.1) is 0 Å². The molecule has 0 unspecified atom stereocenters. The molecule has 8 nitrogen and oxygen atoms in total. The van der Waals surface area contributed by atoms with Gasteiger partial charge in [-0.25, -0.2) is 0 Å². The van der Waals surface area contributed by atoms with Crippen molar-refractivity contribution in [1.82, 2.24) is 14.8 Å².